The molecule has 94 valence electrons. The van der Waals surface area contributed by atoms with Gasteiger partial charge in [-0.15, -0.1) is 5.10 Å². The highest BCUT2D eigenvalue weighted by atomic mass is 16.4. The number of aromatic amines is 1. The summed E-state index contributed by atoms with van der Waals surface area (Å²) in [6.45, 7) is 1.23. The van der Waals surface area contributed by atoms with Crippen LogP contribution in [-0.2, 0) is 4.79 Å². The molecule has 3 rings (SSSR count). The second kappa shape index (κ2) is 4.21. The summed E-state index contributed by atoms with van der Waals surface area (Å²) in [4.78, 5) is 21.2. The summed E-state index contributed by atoms with van der Waals surface area (Å²) in [5, 5.41) is 19.5. The van der Waals surface area contributed by atoms with E-state index in [0.717, 1.165) is 13.0 Å². The zero-order valence-corrected chi connectivity index (χ0v) is 9.57. The van der Waals surface area contributed by atoms with E-state index in [9.17, 15) is 4.79 Å². The van der Waals surface area contributed by atoms with Crippen LogP contribution in [0.4, 0.5) is 5.82 Å². The van der Waals surface area contributed by atoms with Gasteiger partial charge in [-0.2, -0.15) is 10.3 Å². The fourth-order valence-electron chi connectivity index (χ4n) is 2.27. The first-order chi connectivity index (χ1) is 8.75. The molecule has 0 amide bonds. The van der Waals surface area contributed by atoms with Gasteiger partial charge in [-0.1, -0.05) is 0 Å². The number of aliphatic carboxylic acids is 1. The topological polar surface area (TPSA) is 108 Å². The summed E-state index contributed by atoms with van der Waals surface area (Å²) >= 11 is 0. The van der Waals surface area contributed by atoms with Gasteiger partial charge >= 0.3 is 5.97 Å². The third-order valence-corrected chi connectivity index (χ3v) is 3.17. The predicted molar refractivity (Wildman–Crippen MR) is 62.1 cm³/mol. The van der Waals surface area contributed by atoms with E-state index >= 15 is 0 Å². The highest BCUT2D eigenvalue weighted by molar-refractivity contribution is 5.82. The molecule has 3 heterocycles. The maximum atomic E-state index is 11.1. The molecule has 1 aliphatic heterocycles. The van der Waals surface area contributed by atoms with E-state index in [1.165, 1.54) is 6.33 Å². The number of hydrogen-bond acceptors (Lipinski definition) is 6. The Hall–Kier alpha value is -2.25. The second-order valence-electron chi connectivity index (χ2n) is 4.32. The van der Waals surface area contributed by atoms with Gasteiger partial charge in [0.1, 0.15) is 6.33 Å². The lowest BCUT2D eigenvalue weighted by Gasteiger charge is -2.31. The maximum absolute atomic E-state index is 11.1. The number of anilines is 1. The summed E-state index contributed by atoms with van der Waals surface area (Å²) in [6.07, 6.45) is 2.96. The van der Waals surface area contributed by atoms with Crippen LogP contribution in [0.5, 0.6) is 0 Å². The average molecular weight is 248 g/mol. The molecule has 1 aliphatic rings. The van der Waals surface area contributed by atoms with Crippen LogP contribution in [0.15, 0.2) is 6.33 Å². The van der Waals surface area contributed by atoms with Crippen LogP contribution in [0.3, 0.4) is 0 Å². The van der Waals surface area contributed by atoms with Crippen molar-refractivity contribution in [1.29, 1.82) is 0 Å². The number of carbonyl (C=O) groups is 1. The Bertz CT molecular complexity index is 583. The van der Waals surface area contributed by atoms with Gasteiger partial charge in [0.05, 0.1) is 5.92 Å². The number of aromatic nitrogens is 5. The van der Waals surface area contributed by atoms with Gasteiger partial charge in [-0.05, 0) is 12.8 Å². The summed E-state index contributed by atoms with van der Waals surface area (Å²) in [5.74, 6) is -0.458. The Morgan fingerprint density at radius 1 is 1.44 bits per heavy atom. The van der Waals surface area contributed by atoms with E-state index in [0.29, 0.717) is 29.9 Å². The average Bonchev–Trinajstić information content (AvgIpc) is 2.87. The standard InChI is InChI=1S/C10H12N6O2/c17-10(18)6-2-1-3-16(4-6)9-7-8(11-5-12-9)14-15-13-7/h5-6H,1-4H2,(H,17,18)(H,11,12,13,14,15)/t6-/m1/s1. The summed E-state index contributed by atoms with van der Waals surface area (Å²) in [5.41, 5.74) is 1.08. The molecule has 0 radical (unpaired) electrons. The van der Waals surface area contributed by atoms with Crippen LogP contribution < -0.4 is 4.90 Å². The number of hydrogen-bond donors (Lipinski definition) is 2. The summed E-state index contributed by atoms with van der Waals surface area (Å²) < 4.78 is 0. The number of H-pyrrole nitrogens is 1. The lowest BCUT2D eigenvalue weighted by molar-refractivity contribution is -0.141. The van der Waals surface area contributed by atoms with Crippen LogP contribution in [0.2, 0.25) is 0 Å². The lowest BCUT2D eigenvalue weighted by atomic mass is 9.98. The Labute approximate surface area is 102 Å². The predicted octanol–water partition coefficient (Wildman–Crippen LogP) is 0.0489. The van der Waals surface area contributed by atoms with Crippen LogP contribution in [0, 0.1) is 5.92 Å². The molecule has 1 fully saturated rings. The van der Waals surface area contributed by atoms with Gasteiger partial charge in [0.2, 0.25) is 5.65 Å². The monoisotopic (exact) mass is 248 g/mol. The van der Waals surface area contributed by atoms with E-state index in [2.05, 4.69) is 25.4 Å². The quantitative estimate of drug-likeness (QED) is 0.772. The van der Waals surface area contributed by atoms with Crippen molar-refractivity contribution in [3.05, 3.63) is 6.33 Å². The van der Waals surface area contributed by atoms with Gasteiger partial charge in [0.15, 0.2) is 11.3 Å². The molecule has 1 atom stereocenters. The van der Waals surface area contributed by atoms with E-state index in [4.69, 9.17) is 5.11 Å². The van der Waals surface area contributed by atoms with Crippen molar-refractivity contribution in [2.24, 2.45) is 5.92 Å². The van der Waals surface area contributed by atoms with E-state index in [1.54, 1.807) is 0 Å². The molecule has 8 nitrogen and oxygen atoms in total. The van der Waals surface area contributed by atoms with Crippen LogP contribution in [0.25, 0.3) is 11.2 Å². The van der Waals surface area contributed by atoms with Crippen molar-refractivity contribution < 1.29 is 9.90 Å². The van der Waals surface area contributed by atoms with Crippen LogP contribution >= 0.6 is 0 Å². The minimum atomic E-state index is -0.759. The fourth-order valence-corrected chi connectivity index (χ4v) is 2.27. The Morgan fingerprint density at radius 3 is 3.17 bits per heavy atom. The number of carboxylic acid groups (broad SMARTS) is 1. The molecule has 0 spiro atoms. The third kappa shape index (κ3) is 1.75. The van der Waals surface area contributed by atoms with Crippen molar-refractivity contribution in [1.82, 2.24) is 25.4 Å². The van der Waals surface area contributed by atoms with Crippen LogP contribution in [-0.4, -0.2) is 49.5 Å². The number of carboxylic acids is 1. The van der Waals surface area contributed by atoms with E-state index in [1.807, 2.05) is 4.90 Å². The SMILES string of the molecule is O=C(O)[C@@H]1CCCN(c2ncnc3n[nH]nc23)C1. The minimum absolute atomic E-state index is 0.351. The molecule has 2 aromatic heterocycles. The molecule has 2 aromatic rings. The minimum Gasteiger partial charge on any atom is -0.481 e. The normalized spacial score (nSPS) is 20.2. The number of nitrogens with one attached hydrogen (secondary N) is 1. The van der Waals surface area contributed by atoms with E-state index < -0.39 is 5.97 Å². The third-order valence-electron chi connectivity index (χ3n) is 3.17. The Balaban J connectivity index is 1.94. The fraction of sp³-hybridized carbons (Fsp3) is 0.500. The Kier molecular flexibility index (Phi) is 2.54. The summed E-state index contributed by atoms with van der Waals surface area (Å²) in [6, 6.07) is 0. The highest BCUT2D eigenvalue weighted by Crippen LogP contribution is 2.25. The maximum Gasteiger partial charge on any atom is 0.308 e. The largest absolute Gasteiger partial charge is 0.481 e. The van der Waals surface area contributed by atoms with Gasteiger partial charge in [0.25, 0.3) is 0 Å². The van der Waals surface area contributed by atoms with E-state index in [-0.39, 0.29) is 5.92 Å². The summed E-state index contributed by atoms with van der Waals surface area (Å²) in [7, 11) is 0. The number of fused-ring (bicyclic) bond motifs is 1. The lowest BCUT2D eigenvalue weighted by Crippen LogP contribution is -2.39. The molecular formula is C10H12N6O2. The van der Waals surface area contributed by atoms with Gasteiger partial charge in [-0.25, -0.2) is 9.97 Å². The van der Waals surface area contributed by atoms with Gasteiger partial charge < -0.3 is 10.0 Å². The molecule has 0 bridgehead atoms. The second-order valence-corrected chi connectivity index (χ2v) is 4.32. The molecule has 2 N–H and O–H groups in total. The molecule has 0 aromatic carbocycles. The van der Waals surface area contributed by atoms with Gasteiger partial charge in [-0.3, -0.25) is 4.79 Å². The first kappa shape index (κ1) is 10.9. The van der Waals surface area contributed by atoms with Crippen molar-refractivity contribution in [2.75, 3.05) is 18.0 Å². The zero-order valence-electron chi connectivity index (χ0n) is 9.57. The zero-order chi connectivity index (χ0) is 12.5. The molecular weight excluding hydrogens is 236 g/mol. The molecule has 8 heteroatoms. The molecule has 0 aliphatic carbocycles. The molecule has 1 saturated heterocycles. The van der Waals surface area contributed by atoms with Crippen molar-refractivity contribution in [3.8, 4) is 0 Å². The first-order valence-electron chi connectivity index (χ1n) is 5.75. The molecule has 0 unspecified atom stereocenters. The Morgan fingerprint density at radius 2 is 2.33 bits per heavy atom. The van der Waals surface area contributed by atoms with Crippen molar-refractivity contribution >= 4 is 23.0 Å². The highest BCUT2D eigenvalue weighted by Gasteiger charge is 2.27. The van der Waals surface area contributed by atoms with Gasteiger partial charge in [0, 0.05) is 13.1 Å². The molecule has 18 heavy (non-hydrogen) atoms. The van der Waals surface area contributed by atoms with Crippen LogP contribution in [0.1, 0.15) is 12.8 Å². The smallest absolute Gasteiger partial charge is 0.308 e. The number of piperidine rings is 1. The van der Waals surface area contributed by atoms with Crippen molar-refractivity contribution in [2.45, 2.75) is 12.8 Å². The van der Waals surface area contributed by atoms with Crippen molar-refractivity contribution in [3.63, 3.8) is 0 Å². The number of rotatable bonds is 2. The number of nitrogens with zero attached hydrogens (tertiary/aromatic N) is 5. The molecule has 0 saturated carbocycles. The first-order valence-corrected chi connectivity index (χ1v) is 5.75.